The summed E-state index contributed by atoms with van der Waals surface area (Å²) in [5, 5.41) is 12.7. The summed E-state index contributed by atoms with van der Waals surface area (Å²) >= 11 is 0. The third kappa shape index (κ3) is 2.78. The number of hydrogen-bond donors (Lipinski definition) is 1. The van der Waals surface area contributed by atoms with Gasteiger partial charge in [0, 0.05) is 13.1 Å². The summed E-state index contributed by atoms with van der Waals surface area (Å²) in [6.07, 6.45) is 0. The van der Waals surface area contributed by atoms with E-state index in [1.165, 1.54) is 17.0 Å². The molecule has 138 valence electrons. The molecular weight excluding hydrogens is 370 g/mol. The van der Waals surface area contributed by atoms with Crippen molar-refractivity contribution in [3.63, 3.8) is 0 Å². The number of halogens is 4. The molecule has 0 fully saturated rings. The Bertz CT molecular complexity index is 1080. The average Bonchev–Trinajstić information content (AvgIpc) is 3.29. The predicted octanol–water partition coefficient (Wildman–Crippen LogP) is 3.15. The van der Waals surface area contributed by atoms with E-state index in [1.807, 2.05) is 0 Å². The van der Waals surface area contributed by atoms with E-state index in [9.17, 15) is 27.5 Å². The number of nitrogens with zero attached hydrogens (tertiary/aromatic N) is 3. The Balaban J connectivity index is 1.62. The standard InChI is InChI=1S/C17H9F4N3O3/c18-9-2-1-7-5-24(6-8(7)3-9)17(26)15-22-16(27-23-15)10-4-11(19)13(21)14(25)12(10)20/h1-4,25H,5-6H2. The van der Waals surface area contributed by atoms with Crippen LogP contribution in [0.3, 0.4) is 0 Å². The minimum Gasteiger partial charge on any atom is -0.503 e. The van der Waals surface area contributed by atoms with E-state index in [1.54, 1.807) is 6.07 Å². The number of rotatable bonds is 2. The first-order valence-corrected chi connectivity index (χ1v) is 7.62. The first-order valence-electron chi connectivity index (χ1n) is 7.62. The molecule has 0 saturated carbocycles. The number of fused-ring (bicyclic) bond motifs is 1. The van der Waals surface area contributed by atoms with Gasteiger partial charge in [0.25, 0.3) is 17.6 Å². The smallest absolute Gasteiger partial charge is 0.295 e. The summed E-state index contributed by atoms with van der Waals surface area (Å²) in [6, 6.07) is 4.57. The molecular formula is C17H9F4N3O3. The number of phenols is 1. The summed E-state index contributed by atoms with van der Waals surface area (Å²) in [4.78, 5) is 17.5. The Kier molecular flexibility index (Phi) is 3.83. The molecule has 0 bridgehead atoms. The van der Waals surface area contributed by atoms with Gasteiger partial charge in [-0.05, 0) is 29.3 Å². The van der Waals surface area contributed by atoms with Crippen LogP contribution in [0, 0.1) is 23.3 Å². The summed E-state index contributed by atoms with van der Waals surface area (Å²) < 4.78 is 58.5. The maximum absolute atomic E-state index is 13.9. The van der Waals surface area contributed by atoms with Crippen molar-refractivity contribution in [2.45, 2.75) is 13.1 Å². The molecule has 0 atom stereocenters. The summed E-state index contributed by atoms with van der Waals surface area (Å²) in [6.45, 7) is 0.314. The zero-order chi connectivity index (χ0) is 19.3. The highest BCUT2D eigenvalue weighted by molar-refractivity contribution is 5.91. The van der Waals surface area contributed by atoms with E-state index in [-0.39, 0.29) is 13.1 Å². The van der Waals surface area contributed by atoms with Crippen LogP contribution >= 0.6 is 0 Å². The Labute approximate surface area is 148 Å². The molecule has 1 N–H and O–H groups in total. The van der Waals surface area contributed by atoms with Crippen molar-refractivity contribution >= 4 is 5.91 Å². The van der Waals surface area contributed by atoms with Gasteiger partial charge in [-0.2, -0.15) is 9.37 Å². The van der Waals surface area contributed by atoms with Gasteiger partial charge in [0.2, 0.25) is 5.82 Å². The lowest BCUT2D eigenvalue weighted by molar-refractivity contribution is 0.0735. The van der Waals surface area contributed by atoms with Crippen LogP contribution in [0.2, 0.25) is 0 Å². The van der Waals surface area contributed by atoms with Gasteiger partial charge in [-0.1, -0.05) is 11.2 Å². The van der Waals surface area contributed by atoms with Crippen molar-refractivity contribution in [3.8, 4) is 17.2 Å². The molecule has 2 heterocycles. The number of aromatic hydroxyl groups is 1. The number of amides is 1. The van der Waals surface area contributed by atoms with Crippen LogP contribution in [-0.4, -0.2) is 26.1 Å². The lowest BCUT2D eigenvalue weighted by atomic mass is 10.1. The monoisotopic (exact) mass is 379 g/mol. The molecule has 1 aliphatic rings. The Morgan fingerprint density at radius 3 is 2.59 bits per heavy atom. The van der Waals surface area contributed by atoms with Gasteiger partial charge in [0.05, 0.1) is 5.56 Å². The summed E-state index contributed by atoms with van der Waals surface area (Å²) in [7, 11) is 0. The third-order valence-electron chi connectivity index (χ3n) is 4.16. The quantitative estimate of drug-likeness (QED) is 0.547. The van der Waals surface area contributed by atoms with E-state index in [0.717, 1.165) is 5.56 Å². The normalized spacial score (nSPS) is 13.1. The molecule has 0 saturated heterocycles. The highest BCUT2D eigenvalue weighted by Gasteiger charge is 2.29. The highest BCUT2D eigenvalue weighted by Crippen LogP contribution is 2.32. The summed E-state index contributed by atoms with van der Waals surface area (Å²) in [5.41, 5.74) is 0.693. The molecule has 4 rings (SSSR count). The molecule has 27 heavy (non-hydrogen) atoms. The molecule has 3 aromatic rings. The van der Waals surface area contributed by atoms with E-state index < -0.39 is 52.2 Å². The SMILES string of the molecule is O=C(c1noc(-c2cc(F)c(F)c(O)c2F)n1)N1Cc2ccc(F)cc2C1. The van der Waals surface area contributed by atoms with Gasteiger partial charge in [0.1, 0.15) is 5.82 Å². The first kappa shape index (κ1) is 17.0. The lowest BCUT2D eigenvalue weighted by Gasteiger charge is -2.12. The lowest BCUT2D eigenvalue weighted by Crippen LogP contribution is -2.26. The van der Waals surface area contributed by atoms with Gasteiger partial charge in [-0.3, -0.25) is 4.79 Å². The van der Waals surface area contributed by atoms with Crippen LogP contribution < -0.4 is 0 Å². The van der Waals surface area contributed by atoms with Crippen LogP contribution in [0.15, 0.2) is 28.8 Å². The molecule has 6 nitrogen and oxygen atoms in total. The second kappa shape index (κ2) is 6.08. The van der Waals surface area contributed by atoms with E-state index in [0.29, 0.717) is 11.6 Å². The largest absolute Gasteiger partial charge is 0.503 e. The number of phenolic OH excluding ortho intramolecular Hbond substituents is 1. The second-order valence-corrected chi connectivity index (χ2v) is 5.88. The molecule has 10 heteroatoms. The Morgan fingerprint density at radius 1 is 1.07 bits per heavy atom. The molecule has 0 spiro atoms. The van der Waals surface area contributed by atoms with E-state index in [4.69, 9.17) is 4.52 Å². The molecule has 2 aromatic carbocycles. The molecule has 0 aliphatic carbocycles. The fraction of sp³-hybridized carbons (Fsp3) is 0.118. The fourth-order valence-electron chi connectivity index (χ4n) is 2.81. The maximum Gasteiger partial charge on any atom is 0.295 e. The molecule has 1 amide bonds. The number of carbonyl (C=O) groups is 1. The molecule has 1 aliphatic heterocycles. The number of carbonyl (C=O) groups excluding carboxylic acids is 1. The van der Waals surface area contributed by atoms with Crippen molar-refractivity contribution in [1.29, 1.82) is 0 Å². The topological polar surface area (TPSA) is 79.5 Å². The number of aromatic nitrogens is 2. The van der Waals surface area contributed by atoms with Crippen LogP contribution in [-0.2, 0) is 13.1 Å². The van der Waals surface area contributed by atoms with Crippen molar-refractivity contribution in [2.24, 2.45) is 0 Å². The van der Waals surface area contributed by atoms with Gasteiger partial charge < -0.3 is 14.5 Å². The highest BCUT2D eigenvalue weighted by atomic mass is 19.2. The predicted molar refractivity (Wildman–Crippen MR) is 81.3 cm³/mol. The zero-order valence-electron chi connectivity index (χ0n) is 13.3. The Hall–Kier alpha value is -3.43. The molecule has 0 radical (unpaired) electrons. The van der Waals surface area contributed by atoms with Gasteiger partial charge >= 0.3 is 0 Å². The van der Waals surface area contributed by atoms with Gasteiger partial charge in [-0.15, -0.1) is 0 Å². The molecule has 0 unspecified atom stereocenters. The van der Waals surface area contributed by atoms with Crippen LogP contribution in [0.1, 0.15) is 21.7 Å². The van der Waals surface area contributed by atoms with Crippen LogP contribution in [0.25, 0.3) is 11.5 Å². The minimum atomic E-state index is -1.76. The van der Waals surface area contributed by atoms with Crippen LogP contribution in [0.5, 0.6) is 5.75 Å². The fourth-order valence-corrected chi connectivity index (χ4v) is 2.81. The van der Waals surface area contributed by atoms with E-state index in [2.05, 4.69) is 10.1 Å². The number of benzene rings is 2. The first-order chi connectivity index (χ1) is 12.8. The third-order valence-corrected chi connectivity index (χ3v) is 4.16. The van der Waals surface area contributed by atoms with Gasteiger partial charge in [0.15, 0.2) is 17.4 Å². The zero-order valence-corrected chi connectivity index (χ0v) is 13.3. The summed E-state index contributed by atoms with van der Waals surface area (Å²) in [5.74, 6) is -8.46. The maximum atomic E-state index is 13.9. The van der Waals surface area contributed by atoms with E-state index >= 15 is 0 Å². The van der Waals surface area contributed by atoms with Crippen molar-refractivity contribution in [2.75, 3.05) is 0 Å². The van der Waals surface area contributed by atoms with Crippen molar-refractivity contribution < 1.29 is 32.0 Å². The van der Waals surface area contributed by atoms with Crippen molar-refractivity contribution in [3.05, 3.63) is 64.5 Å². The minimum absolute atomic E-state index is 0.121. The average molecular weight is 379 g/mol. The van der Waals surface area contributed by atoms with Crippen LogP contribution in [0.4, 0.5) is 17.6 Å². The van der Waals surface area contributed by atoms with Gasteiger partial charge in [-0.25, -0.2) is 13.2 Å². The second-order valence-electron chi connectivity index (χ2n) is 5.88. The number of hydrogen-bond acceptors (Lipinski definition) is 5. The van der Waals surface area contributed by atoms with Crippen molar-refractivity contribution in [1.82, 2.24) is 15.0 Å². The Morgan fingerprint density at radius 2 is 1.81 bits per heavy atom. The molecule has 1 aromatic heterocycles.